The first-order valence-electron chi connectivity index (χ1n) is 5.31. The number of aliphatic carboxylic acids is 1. The minimum atomic E-state index is -1.19. The summed E-state index contributed by atoms with van der Waals surface area (Å²) in [5, 5.41) is 10.8. The molecule has 0 spiro atoms. The summed E-state index contributed by atoms with van der Waals surface area (Å²) in [6.07, 6.45) is 1.84. The molecule has 1 unspecified atom stereocenters. The first-order chi connectivity index (χ1) is 9.04. The van der Waals surface area contributed by atoms with Crippen molar-refractivity contribution in [1.29, 1.82) is 0 Å². The smallest absolute Gasteiger partial charge is 0.326 e. The van der Waals surface area contributed by atoms with Gasteiger partial charge in [-0.1, -0.05) is 6.07 Å². The van der Waals surface area contributed by atoms with Gasteiger partial charge in [0.2, 0.25) is 0 Å². The number of thiazole rings is 1. The summed E-state index contributed by atoms with van der Waals surface area (Å²) in [5.41, 5.74) is 6.11. The van der Waals surface area contributed by atoms with Crippen LogP contribution in [-0.2, 0) is 4.79 Å². The molecular formula is C12H11FN2O2S2. The molecule has 0 bridgehead atoms. The van der Waals surface area contributed by atoms with E-state index in [1.807, 2.05) is 6.26 Å². The molecule has 0 aliphatic rings. The molecule has 1 aromatic carbocycles. The molecule has 0 amide bonds. The second-order valence-corrected chi connectivity index (χ2v) is 5.42. The number of hydrogen-bond acceptors (Lipinski definition) is 5. The van der Waals surface area contributed by atoms with Gasteiger partial charge >= 0.3 is 5.97 Å². The normalized spacial score (nSPS) is 12.4. The molecule has 0 saturated carbocycles. The summed E-state index contributed by atoms with van der Waals surface area (Å²) in [4.78, 5) is 15.7. The van der Waals surface area contributed by atoms with E-state index in [1.54, 1.807) is 17.5 Å². The van der Waals surface area contributed by atoms with Crippen molar-refractivity contribution in [2.45, 2.75) is 10.9 Å². The molecule has 0 radical (unpaired) electrons. The lowest BCUT2D eigenvalue weighted by atomic mass is 10.2. The van der Waals surface area contributed by atoms with Crippen molar-refractivity contribution in [1.82, 2.24) is 4.98 Å². The van der Waals surface area contributed by atoms with Gasteiger partial charge in [-0.2, -0.15) is 0 Å². The Labute approximate surface area is 117 Å². The lowest BCUT2D eigenvalue weighted by Gasteiger charge is -2.05. The van der Waals surface area contributed by atoms with Gasteiger partial charge < -0.3 is 10.8 Å². The average Bonchev–Trinajstić information content (AvgIpc) is 2.86. The van der Waals surface area contributed by atoms with Gasteiger partial charge in [-0.15, -0.1) is 23.1 Å². The zero-order chi connectivity index (χ0) is 14.0. The number of hydrogen-bond donors (Lipinski definition) is 2. The number of nitrogens with zero attached hydrogens (tertiary/aromatic N) is 1. The molecular weight excluding hydrogens is 287 g/mol. The van der Waals surface area contributed by atoms with E-state index in [0.717, 1.165) is 4.90 Å². The number of benzene rings is 1. The van der Waals surface area contributed by atoms with Crippen molar-refractivity contribution in [2.75, 3.05) is 6.26 Å². The largest absolute Gasteiger partial charge is 0.480 e. The summed E-state index contributed by atoms with van der Waals surface area (Å²) in [7, 11) is 0. The van der Waals surface area contributed by atoms with Crippen LogP contribution in [0.15, 0.2) is 28.5 Å². The van der Waals surface area contributed by atoms with E-state index in [9.17, 15) is 9.18 Å². The average molecular weight is 298 g/mol. The molecule has 100 valence electrons. The van der Waals surface area contributed by atoms with Crippen LogP contribution in [0.1, 0.15) is 11.7 Å². The van der Waals surface area contributed by atoms with Crippen LogP contribution in [0, 0.1) is 5.82 Å². The number of thioether (sulfide) groups is 1. The number of halogens is 1. The van der Waals surface area contributed by atoms with Gasteiger partial charge in [-0.25, -0.2) is 9.37 Å². The maximum absolute atomic E-state index is 13.9. The topological polar surface area (TPSA) is 76.2 Å². The molecule has 0 saturated heterocycles. The van der Waals surface area contributed by atoms with Crippen molar-refractivity contribution >= 4 is 29.1 Å². The molecule has 0 aliphatic heterocycles. The highest BCUT2D eigenvalue weighted by molar-refractivity contribution is 7.98. The quantitative estimate of drug-likeness (QED) is 0.849. The van der Waals surface area contributed by atoms with Gasteiger partial charge in [0.1, 0.15) is 16.9 Å². The van der Waals surface area contributed by atoms with Gasteiger partial charge in [0.25, 0.3) is 0 Å². The standard InChI is InChI=1S/C12H11FN2O2S2/c1-18-8-4-2-3-6(13)9(8)11-15-7(5-19-11)10(14)12(16)17/h2-5,10H,14H2,1H3,(H,16,17). The number of nitrogens with two attached hydrogens (primary N) is 1. The third-order valence-electron chi connectivity index (χ3n) is 2.52. The van der Waals surface area contributed by atoms with E-state index < -0.39 is 12.0 Å². The van der Waals surface area contributed by atoms with E-state index in [-0.39, 0.29) is 11.5 Å². The Balaban J connectivity index is 2.46. The fourth-order valence-corrected chi connectivity index (χ4v) is 3.15. The van der Waals surface area contributed by atoms with Crippen molar-refractivity contribution in [2.24, 2.45) is 5.73 Å². The van der Waals surface area contributed by atoms with Crippen LogP contribution < -0.4 is 5.73 Å². The number of carboxylic acids is 1. The predicted octanol–water partition coefficient (Wildman–Crippen LogP) is 2.76. The second-order valence-electron chi connectivity index (χ2n) is 3.71. The monoisotopic (exact) mass is 298 g/mol. The van der Waals surface area contributed by atoms with Crippen LogP contribution in [-0.4, -0.2) is 22.3 Å². The van der Waals surface area contributed by atoms with Gasteiger partial charge in [0.15, 0.2) is 0 Å². The van der Waals surface area contributed by atoms with Crippen molar-refractivity contribution in [3.63, 3.8) is 0 Å². The molecule has 3 N–H and O–H groups in total. The minimum Gasteiger partial charge on any atom is -0.480 e. The molecule has 1 aromatic heterocycles. The fraction of sp³-hybridized carbons (Fsp3) is 0.167. The lowest BCUT2D eigenvalue weighted by molar-refractivity contribution is -0.138. The third-order valence-corrected chi connectivity index (χ3v) is 4.17. The highest BCUT2D eigenvalue weighted by Gasteiger charge is 2.20. The SMILES string of the molecule is CSc1cccc(F)c1-c1nc(C(N)C(=O)O)cs1. The summed E-state index contributed by atoms with van der Waals surface area (Å²) in [6.45, 7) is 0. The van der Waals surface area contributed by atoms with Crippen LogP contribution in [0.3, 0.4) is 0 Å². The first-order valence-corrected chi connectivity index (χ1v) is 7.41. The maximum atomic E-state index is 13.9. The van der Waals surface area contributed by atoms with E-state index in [4.69, 9.17) is 10.8 Å². The molecule has 2 rings (SSSR count). The van der Waals surface area contributed by atoms with E-state index in [1.165, 1.54) is 29.2 Å². The Bertz CT molecular complexity index is 616. The van der Waals surface area contributed by atoms with Crippen LogP contribution >= 0.6 is 23.1 Å². The van der Waals surface area contributed by atoms with Crippen molar-refractivity contribution in [3.8, 4) is 10.6 Å². The van der Waals surface area contributed by atoms with Crippen LogP contribution in [0.25, 0.3) is 10.6 Å². The van der Waals surface area contributed by atoms with E-state index >= 15 is 0 Å². The van der Waals surface area contributed by atoms with Gasteiger partial charge in [-0.3, -0.25) is 4.79 Å². The Morgan fingerprint density at radius 2 is 2.32 bits per heavy atom. The Kier molecular flexibility index (Phi) is 4.18. The van der Waals surface area contributed by atoms with Gasteiger partial charge in [-0.05, 0) is 18.4 Å². The van der Waals surface area contributed by atoms with Crippen molar-refractivity contribution < 1.29 is 14.3 Å². The summed E-state index contributed by atoms with van der Waals surface area (Å²) >= 11 is 2.59. The van der Waals surface area contributed by atoms with Gasteiger partial charge in [0.05, 0.1) is 11.3 Å². The summed E-state index contributed by atoms with van der Waals surface area (Å²) in [6, 6.07) is 3.59. The lowest BCUT2D eigenvalue weighted by Crippen LogP contribution is -2.20. The van der Waals surface area contributed by atoms with E-state index in [0.29, 0.717) is 10.6 Å². The molecule has 2 aromatic rings. The zero-order valence-electron chi connectivity index (χ0n) is 9.96. The zero-order valence-corrected chi connectivity index (χ0v) is 11.6. The third kappa shape index (κ3) is 2.78. The number of rotatable bonds is 4. The highest BCUT2D eigenvalue weighted by atomic mass is 32.2. The van der Waals surface area contributed by atoms with Crippen molar-refractivity contribution in [3.05, 3.63) is 35.1 Å². The van der Waals surface area contributed by atoms with E-state index in [2.05, 4.69) is 4.98 Å². The molecule has 19 heavy (non-hydrogen) atoms. The second kappa shape index (κ2) is 5.68. The number of aromatic nitrogens is 1. The Morgan fingerprint density at radius 1 is 1.58 bits per heavy atom. The molecule has 7 heteroatoms. The Hall–Kier alpha value is -1.44. The summed E-state index contributed by atoms with van der Waals surface area (Å²) < 4.78 is 13.9. The number of carbonyl (C=O) groups is 1. The highest BCUT2D eigenvalue weighted by Crippen LogP contribution is 2.35. The Morgan fingerprint density at radius 3 is 2.95 bits per heavy atom. The van der Waals surface area contributed by atoms with Gasteiger partial charge in [0, 0.05) is 10.3 Å². The fourth-order valence-electron chi connectivity index (χ4n) is 1.55. The maximum Gasteiger partial charge on any atom is 0.326 e. The molecule has 0 aliphatic carbocycles. The minimum absolute atomic E-state index is 0.239. The number of carboxylic acid groups (broad SMARTS) is 1. The van der Waals surface area contributed by atoms with Crippen LogP contribution in [0.4, 0.5) is 4.39 Å². The molecule has 4 nitrogen and oxygen atoms in total. The predicted molar refractivity (Wildman–Crippen MR) is 73.9 cm³/mol. The molecule has 1 heterocycles. The van der Waals surface area contributed by atoms with Crippen LogP contribution in [0.2, 0.25) is 0 Å². The molecule has 1 atom stereocenters. The van der Waals surface area contributed by atoms with Crippen LogP contribution in [0.5, 0.6) is 0 Å². The molecule has 0 fully saturated rings. The first kappa shape index (κ1) is 14.0. The summed E-state index contributed by atoms with van der Waals surface area (Å²) in [5.74, 6) is -1.54.